The molecule has 1 N–H and O–H groups in total. The summed E-state index contributed by atoms with van der Waals surface area (Å²) in [5.74, 6) is -1.21. The summed E-state index contributed by atoms with van der Waals surface area (Å²) in [4.78, 5) is 10.9. The SMILES string of the molecule is Cc1ccccc1C1OC(=S)NC1C(=O)[O-]. The van der Waals surface area contributed by atoms with Gasteiger partial charge >= 0.3 is 0 Å². The number of carbonyl (C=O) groups is 1. The van der Waals surface area contributed by atoms with Crippen LogP contribution in [0.1, 0.15) is 17.2 Å². The highest BCUT2D eigenvalue weighted by Crippen LogP contribution is 2.28. The Kier molecular flexibility index (Phi) is 2.78. The maximum absolute atomic E-state index is 10.9. The number of hydrogen-bond donors (Lipinski definition) is 1. The first-order valence-electron chi connectivity index (χ1n) is 4.83. The van der Waals surface area contributed by atoms with Crippen LogP contribution in [0.25, 0.3) is 0 Å². The minimum Gasteiger partial charge on any atom is -0.548 e. The molecule has 0 spiro atoms. The van der Waals surface area contributed by atoms with Crippen LogP contribution in [0.2, 0.25) is 0 Å². The molecule has 0 aromatic heterocycles. The van der Waals surface area contributed by atoms with Gasteiger partial charge in [-0.3, -0.25) is 0 Å². The highest BCUT2D eigenvalue weighted by Gasteiger charge is 2.34. The van der Waals surface area contributed by atoms with Crippen LogP contribution in [0.4, 0.5) is 0 Å². The van der Waals surface area contributed by atoms with Crippen molar-refractivity contribution < 1.29 is 14.6 Å². The monoisotopic (exact) mass is 236 g/mol. The lowest BCUT2D eigenvalue weighted by Crippen LogP contribution is -2.45. The third-order valence-electron chi connectivity index (χ3n) is 2.56. The molecule has 0 radical (unpaired) electrons. The smallest absolute Gasteiger partial charge is 0.258 e. The maximum atomic E-state index is 10.9. The van der Waals surface area contributed by atoms with Crippen LogP contribution in [-0.2, 0) is 9.53 Å². The molecule has 0 aliphatic carbocycles. The Morgan fingerprint density at radius 2 is 2.19 bits per heavy atom. The lowest BCUT2D eigenvalue weighted by molar-refractivity contribution is -0.309. The third kappa shape index (κ3) is 1.86. The second-order valence-electron chi connectivity index (χ2n) is 3.62. The van der Waals surface area contributed by atoms with E-state index in [0.717, 1.165) is 11.1 Å². The third-order valence-corrected chi connectivity index (χ3v) is 2.77. The van der Waals surface area contributed by atoms with Crippen molar-refractivity contribution in [3.05, 3.63) is 35.4 Å². The highest BCUT2D eigenvalue weighted by atomic mass is 32.1. The van der Waals surface area contributed by atoms with Crippen molar-refractivity contribution in [2.75, 3.05) is 0 Å². The van der Waals surface area contributed by atoms with E-state index in [1.165, 1.54) is 0 Å². The first kappa shape index (κ1) is 10.9. The maximum Gasteiger partial charge on any atom is 0.258 e. The minimum atomic E-state index is -1.21. The molecular formula is C11H10NO3S-. The lowest BCUT2D eigenvalue weighted by atomic mass is 9.98. The molecule has 0 bridgehead atoms. The highest BCUT2D eigenvalue weighted by molar-refractivity contribution is 7.80. The topological polar surface area (TPSA) is 61.4 Å². The van der Waals surface area contributed by atoms with E-state index < -0.39 is 18.1 Å². The minimum absolute atomic E-state index is 0.0995. The molecule has 1 aliphatic heterocycles. The molecule has 16 heavy (non-hydrogen) atoms. The molecule has 1 aliphatic rings. The van der Waals surface area contributed by atoms with Crippen molar-refractivity contribution in [1.29, 1.82) is 0 Å². The number of carboxylic acid groups (broad SMARTS) is 1. The van der Waals surface area contributed by atoms with Crippen molar-refractivity contribution >= 4 is 23.4 Å². The van der Waals surface area contributed by atoms with Crippen LogP contribution in [0.3, 0.4) is 0 Å². The Balaban J connectivity index is 2.36. The first-order valence-corrected chi connectivity index (χ1v) is 5.24. The quantitative estimate of drug-likeness (QED) is 0.736. The molecule has 1 aromatic carbocycles. The van der Waals surface area contributed by atoms with E-state index >= 15 is 0 Å². The van der Waals surface area contributed by atoms with Crippen LogP contribution in [0.15, 0.2) is 24.3 Å². The molecule has 0 saturated carbocycles. The van der Waals surface area contributed by atoms with Crippen molar-refractivity contribution in [2.24, 2.45) is 0 Å². The number of aliphatic carboxylic acids is 1. The molecule has 1 fully saturated rings. The molecule has 1 heterocycles. The van der Waals surface area contributed by atoms with Crippen LogP contribution < -0.4 is 10.4 Å². The number of rotatable bonds is 2. The van der Waals surface area contributed by atoms with E-state index in [-0.39, 0.29) is 5.17 Å². The Bertz CT molecular complexity index is 447. The number of thiocarbonyl (C=S) groups is 1. The van der Waals surface area contributed by atoms with E-state index in [4.69, 9.17) is 17.0 Å². The molecule has 2 rings (SSSR count). The van der Waals surface area contributed by atoms with Crippen molar-refractivity contribution in [3.8, 4) is 0 Å². The Morgan fingerprint density at radius 3 is 2.81 bits per heavy atom. The summed E-state index contributed by atoms with van der Waals surface area (Å²) in [7, 11) is 0. The molecule has 4 nitrogen and oxygen atoms in total. The summed E-state index contributed by atoms with van der Waals surface area (Å²) in [6, 6.07) is 6.51. The average molecular weight is 236 g/mol. The first-order chi connectivity index (χ1) is 7.59. The predicted octanol–water partition coefficient (Wildman–Crippen LogP) is 0.0593. The van der Waals surface area contributed by atoms with Crippen molar-refractivity contribution in [3.63, 3.8) is 0 Å². The number of aryl methyl sites for hydroxylation is 1. The molecule has 1 saturated heterocycles. The van der Waals surface area contributed by atoms with Gasteiger partial charge < -0.3 is 20.0 Å². The number of benzene rings is 1. The molecular weight excluding hydrogens is 226 g/mol. The number of ether oxygens (including phenoxy) is 1. The zero-order valence-electron chi connectivity index (χ0n) is 8.60. The van der Waals surface area contributed by atoms with Crippen molar-refractivity contribution in [1.82, 2.24) is 5.32 Å². The Hall–Kier alpha value is -1.62. The van der Waals surface area contributed by atoms with E-state index in [2.05, 4.69) is 5.32 Å². The van der Waals surface area contributed by atoms with Gasteiger partial charge in [-0.15, -0.1) is 0 Å². The number of nitrogens with one attached hydrogen (secondary N) is 1. The number of carbonyl (C=O) groups excluding carboxylic acids is 1. The molecule has 2 atom stereocenters. The van der Waals surface area contributed by atoms with Crippen LogP contribution in [0, 0.1) is 6.92 Å². The van der Waals surface area contributed by atoms with Gasteiger partial charge in [0, 0.05) is 0 Å². The van der Waals surface area contributed by atoms with Crippen LogP contribution in [-0.4, -0.2) is 17.2 Å². The molecule has 0 amide bonds. The summed E-state index contributed by atoms with van der Waals surface area (Å²) in [6.07, 6.45) is -0.612. The van der Waals surface area contributed by atoms with E-state index in [0.29, 0.717) is 0 Å². The van der Waals surface area contributed by atoms with E-state index in [9.17, 15) is 9.90 Å². The second kappa shape index (κ2) is 4.09. The normalized spacial score (nSPS) is 23.7. The van der Waals surface area contributed by atoms with Gasteiger partial charge in [-0.1, -0.05) is 24.3 Å². The second-order valence-corrected chi connectivity index (χ2v) is 3.99. The van der Waals surface area contributed by atoms with Gasteiger partial charge in [-0.05, 0) is 30.3 Å². The van der Waals surface area contributed by atoms with E-state index in [1.807, 2.05) is 31.2 Å². The van der Waals surface area contributed by atoms with Gasteiger partial charge in [-0.25, -0.2) is 0 Å². The Labute approximate surface area is 98.2 Å². The molecule has 84 valence electrons. The van der Waals surface area contributed by atoms with E-state index in [1.54, 1.807) is 0 Å². The van der Waals surface area contributed by atoms with Gasteiger partial charge in [-0.2, -0.15) is 0 Å². The van der Waals surface area contributed by atoms with Gasteiger partial charge in [0.05, 0.1) is 5.97 Å². The average Bonchev–Trinajstić information content (AvgIpc) is 2.61. The van der Waals surface area contributed by atoms with Gasteiger partial charge in [0.15, 0.2) is 6.10 Å². The summed E-state index contributed by atoms with van der Waals surface area (Å²) < 4.78 is 5.30. The number of carboxylic acids is 1. The van der Waals surface area contributed by atoms with Gasteiger partial charge in [0.1, 0.15) is 6.04 Å². The summed E-state index contributed by atoms with van der Waals surface area (Å²) in [5.41, 5.74) is 1.77. The van der Waals surface area contributed by atoms with Gasteiger partial charge in [0.2, 0.25) is 0 Å². The fourth-order valence-corrected chi connectivity index (χ4v) is 1.98. The zero-order valence-corrected chi connectivity index (χ0v) is 9.41. The van der Waals surface area contributed by atoms with Crippen molar-refractivity contribution in [2.45, 2.75) is 19.1 Å². The summed E-state index contributed by atoms with van der Waals surface area (Å²) in [6.45, 7) is 1.90. The largest absolute Gasteiger partial charge is 0.548 e. The Morgan fingerprint density at radius 1 is 1.50 bits per heavy atom. The number of hydrogen-bond acceptors (Lipinski definition) is 4. The molecule has 2 unspecified atom stereocenters. The summed E-state index contributed by atoms with van der Waals surface area (Å²) in [5, 5.41) is 13.6. The fraction of sp³-hybridized carbons (Fsp3) is 0.273. The lowest BCUT2D eigenvalue weighted by Gasteiger charge is -2.19. The standard InChI is InChI=1S/C11H11NO3S/c1-6-4-2-3-5-7(6)9-8(10(13)14)12-11(16)15-9/h2-5,8-9H,1H3,(H,12,16)(H,13,14)/p-1. The molecule has 5 heteroatoms. The molecule has 1 aromatic rings. The predicted molar refractivity (Wildman–Crippen MR) is 59.5 cm³/mol. The zero-order chi connectivity index (χ0) is 11.7. The van der Waals surface area contributed by atoms with Gasteiger partial charge in [0.25, 0.3) is 5.17 Å². The van der Waals surface area contributed by atoms with Crippen LogP contribution in [0.5, 0.6) is 0 Å². The summed E-state index contributed by atoms with van der Waals surface area (Å²) >= 11 is 4.81. The van der Waals surface area contributed by atoms with Crippen LogP contribution >= 0.6 is 12.2 Å². The fourth-order valence-electron chi connectivity index (χ4n) is 1.75.